The van der Waals surface area contributed by atoms with Crippen LogP contribution in [0.2, 0.25) is 0 Å². The lowest BCUT2D eigenvalue weighted by atomic mass is 9.86. The molecule has 0 saturated heterocycles. The summed E-state index contributed by atoms with van der Waals surface area (Å²) in [5, 5.41) is 14.6. The van der Waals surface area contributed by atoms with Gasteiger partial charge < -0.3 is 10.0 Å². The Kier molecular flexibility index (Phi) is 5.08. The van der Waals surface area contributed by atoms with E-state index in [-0.39, 0.29) is 24.6 Å². The van der Waals surface area contributed by atoms with Crippen molar-refractivity contribution in [3.63, 3.8) is 0 Å². The Morgan fingerprint density at radius 3 is 2.64 bits per heavy atom. The number of hydrogen-bond donors (Lipinski definition) is 1. The van der Waals surface area contributed by atoms with Gasteiger partial charge in [0.05, 0.1) is 17.5 Å². The topological polar surface area (TPSA) is 71.2 Å². The lowest BCUT2D eigenvalue weighted by molar-refractivity contribution is 0.0652. The largest absolute Gasteiger partial charge is 0.396 e. The molecule has 0 aromatic carbocycles. The van der Waals surface area contributed by atoms with Gasteiger partial charge in [0.1, 0.15) is 0 Å². The van der Waals surface area contributed by atoms with E-state index >= 15 is 0 Å². The van der Waals surface area contributed by atoms with Crippen LogP contribution in [0.5, 0.6) is 0 Å². The van der Waals surface area contributed by atoms with Gasteiger partial charge in [0.25, 0.3) is 5.91 Å². The third kappa shape index (κ3) is 3.40. The summed E-state index contributed by atoms with van der Waals surface area (Å²) >= 11 is 0. The fourth-order valence-corrected chi connectivity index (χ4v) is 3.73. The molecule has 25 heavy (non-hydrogen) atoms. The van der Waals surface area contributed by atoms with Crippen LogP contribution < -0.4 is 0 Å². The fraction of sp³-hybridized carbons (Fsp3) is 0.632. The molecule has 1 aliphatic carbocycles. The van der Waals surface area contributed by atoms with Crippen LogP contribution in [0.1, 0.15) is 61.6 Å². The molecule has 0 bridgehead atoms. The Morgan fingerprint density at radius 2 is 2.04 bits per heavy atom. The van der Waals surface area contributed by atoms with E-state index in [9.17, 15) is 9.90 Å². The maximum Gasteiger partial charge on any atom is 0.255 e. The molecule has 1 amide bonds. The lowest BCUT2D eigenvalue weighted by Gasteiger charge is -2.34. The number of aromatic nitrogens is 3. The van der Waals surface area contributed by atoms with E-state index in [0.29, 0.717) is 11.5 Å². The maximum atomic E-state index is 13.0. The van der Waals surface area contributed by atoms with Crippen molar-refractivity contribution < 1.29 is 9.90 Å². The normalized spacial score (nSPS) is 21.0. The van der Waals surface area contributed by atoms with Crippen LogP contribution >= 0.6 is 0 Å². The number of aliphatic hydroxyl groups excluding tert-OH is 1. The van der Waals surface area contributed by atoms with Crippen LogP contribution in [0.15, 0.2) is 12.3 Å². The average molecular weight is 344 g/mol. The number of carbonyl (C=O) groups is 1. The smallest absolute Gasteiger partial charge is 0.255 e. The van der Waals surface area contributed by atoms with Crippen molar-refractivity contribution >= 4 is 16.9 Å². The summed E-state index contributed by atoms with van der Waals surface area (Å²) in [5.74, 6) is 0.415. The molecule has 1 aliphatic rings. The van der Waals surface area contributed by atoms with Crippen molar-refractivity contribution in [3.05, 3.63) is 23.5 Å². The van der Waals surface area contributed by atoms with E-state index in [1.807, 2.05) is 29.6 Å². The molecule has 2 aromatic heterocycles. The molecule has 1 N–H and O–H groups in total. The molecule has 0 spiro atoms. The summed E-state index contributed by atoms with van der Waals surface area (Å²) < 4.78 is 1.89. The second-order valence-electron chi connectivity index (χ2n) is 7.49. The Morgan fingerprint density at radius 1 is 1.36 bits per heavy atom. The Balaban J connectivity index is 1.83. The molecule has 1 saturated carbocycles. The van der Waals surface area contributed by atoms with Crippen molar-refractivity contribution in [1.82, 2.24) is 19.7 Å². The first-order valence-corrected chi connectivity index (χ1v) is 9.15. The number of nitrogens with zero attached hydrogens (tertiary/aromatic N) is 4. The average Bonchev–Trinajstić information content (AvgIpc) is 3.02. The number of carbonyl (C=O) groups excluding carboxylic acids is 1. The van der Waals surface area contributed by atoms with Gasteiger partial charge in [-0.2, -0.15) is 5.10 Å². The Labute approximate surface area is 148 Å². The van der Waals surface area contributed by atoms with Crippen LogP contribution in [0.25, 0.3) is 11.0 Å². The summed E-state index contributed by atoms with van der Waals surface area (Å²) in [5.41, 5.74) is 2.23. The van der Waals surface area contributed by atoms with E-state index in [1.165, 1.54) is 0 Å². The molecule has 2 heterocycles. The van der Waals surface area contributed by atoms with Crippen molar-refractivity contribution in [2.24, 2.45) is 5.92 Å². The second kappa shape index (κ2) is 7.12. The van der Waals surface area contributed by atoms with Gasteiger partial charge in [-0.25, -0.2) is 9.67 Å². The van der Waals surface area contributed by atoms with Crippen LogP contribution in [0, 0.1) is 12.8 Å². The molecule has 6 heteroatoms. The van der Waals surface area contributed by atoms with E-state index in [1.54, 1.807) is 6.20 Å². The quantitative estimate of drug-likeness (QED) is 0.926. The monoisotopic (exact) mass is 344 g/mol. The van der Waals surface area contributed by atoms with Crippen molar-refractivity contribution in [2.75, 3.05) is 13.7 Å². The minimum atomic E-state index is 0.0247. The molecule has 136 valence electrons. The number of fused-ring (bicyclic) bond motifs is 1. The number of amides is 1. The first-order valence-electron chi connectivity index (χ1n) is 9.15. The predicted molar refractivity (Wildman–Crippen MR) is 97.6 cm³/mol. The van der Waals surface area contributed by atoms with Crippen LogP contribution in [-0.2, 0) is 0 Å². The van der Waals surface area contributed by atoms with Crippen LogP contribution in [0.4, 0.5) is 0 Å². The van der Waals surface area contributed by atoms with Gasteiger partial charge in [-0.05, 0) is 58.4 Å². The Hall–Kier alpha value is -1.95. The summed E-state index contributed by atoms with van der Waals surface area (Å²) in [4.78, 5) is 19.5. The predicted octanol–water partition coefficient (Wildman–Crippen LogP) is 2.94. The first-order chi connectivity index (χ1) is 11.9. The third-order valence-corrected chi connectivity index (χ3v) is 5.42. The highest BCUT2D eigenvalue weighted by atomic mass is 16.3. The summed E-state index contributed by atoms with van der Waals surface area (Å²) in [6, 6.07) is 2.39. The van der Waals surface area contributed by atoms with E-state index in [2.05, 4.69) is 23.9 Å². The molecule has 3 rings (SSSR count). The molecule has 0 unspecified atom stereocenters. The van der Waals surface area contributed by atoms with Gasteiger partial charge >= 0.3 is 0 Å². The fourth-order valence-electron chi connectivity index (χ4n) is 3.73. The van der Waals surface area contributed by atoms with Gasteiger partial charge in [0.2, 0.25) is 0 Å². The molecule has 0 aliphatic heterocycles. The van der Waals surface area contributed by atoms with E-state index in [0.717, 1.165) is 42.4 Å². The van der Waals surface area contributed by atoms with Gasteiger partial charge in [-0.15, -0.1) is 0 Å². The number of aliphatic hydroxyl groups is 1. The molecule has 0 atom stereocenters. The maximum absolute atomic E-state index is 13.0. The standard InChI is InChI=1S/C19H28N4O2/c1-12(2)23-18-15(10-20-23)9-17(13(3)21-18)19(25)22(4)16-7-5-14(11-24)6-8-16/h9-10,12,14,16,24H,5-8,11H2,1-4H3. The number of aryl methyl sites for hydroxylation is 1. The molecule has 1 fully saturated rings. The molecule has 0 radical (unpaired) electrons. The van der Waals surface area contributed by atoms with Gasteiger partial charge in [0, 0.05) is 31.1 Å². The van der Waals surface area contributed by atoms with Crippen LogP contribution in [0.3, 0.4) is 0 Å². The highest BCUT2D eigenvalue weighted by Crippen LogP contribution is 2.28. The molecular weight excluding hydrogens is 316 g/mol. The minimum absolute atomic E-state index is 0.0247. The molecular formula is C19H28N4O2. The second-order valence-corrected chi connectivity index (χ2v) is 7.49. The van der Waals surface area contributed by atoms with E-state index < -0.39 is 0 Å². The number of pyridine rings is 1. The summed E-state index contributed by atoms with van der Waals surface area (Å²) in [6.07, 6.45) is 5.65. The molecule has 6 nitrogen and oxygen atoms in total. The van der Waals surface area contributed by atoms with Crippen LogP contribution in [-0.4, -0.2) is 50.4 Å². The lowest BCUT2D eigenvalue weighted by Crippen LogP contribution is -2.40. The first kappa shape index (κ1) is 17.9. The van der Waals surface area contributed by atoms with Gasteiger partial charge in [-0.1, -0.05) is 0 Å². The number of hydrogen-bond acceptors (Lipinski definition) is 4. The van der Waals surface area contributed by atoms with Gasteiger partial charge in [0.15, 0.2) is 5.65 Å². The SMILES string of the molecule is Cc1nc2c(cnn2C(C)C)cc1C(=O)N(C)C1CCC(CO)CC1. The van der Waals surface area contributed by atoms with E-state index in [4.69, 9.17) is 0 Å². The zero-order chi connectivity index (χ0) is 18.1. The highest BCUT2D eigenvalue weighted by Gasteiger charge is 2.28. The van der Waals surface area contributed by atoms with Crippen molar-refractivity contribution in [2.45, 2.75) is 58.5 Å². The Bertz CT molecular complexity index is 760. The van der Waals surface area contributed by atoms with Gasteiger partial charge in [-0.3, -0.25) is 4.79 Å². The zero-order valence-electron chi connectivity index (χ0n) is 15.6. The zero-order valence-corrected chi connectivity index (χ0v) is 15.6. The summed E-state index contributed by atoms with van der Waals surface area (Å²) in [6.45, 7) is 6.28. The van der Waals surface area contributed by atoms with Crippen molar-refractivity contribution in [3.8, 4) is 0 Å². The molecule has 2 aromatic rings. The third-order valence-electron chi connectivity index (χ3n) is 5.42. The number of rotatable bonds is 4. The minimum Gasteiger partial charge on any atom is -0.396 e. The highest BCUT2D eigenvalue weighted by molar-refractivity contribution is 5.98. The van der Waals surface area contributed by atoms with Crippen molar-refractivity contribution in [1.29, 1.82) is 0 Å². The summed E-state index contributed by atoms with van der Waals surface area (Å²) in [7, 11) is 1.88.